The predicted octanol–water partition coefficient (Wildman–Crippen LogP) is -1.86. The summed E-state index contributed by atoms with van der Waals surface area (Å²) in [5.74, 6) is -2.79. The number of carbonyl (C=O) groups excluding carboxylic acids is 1. The van der Waals surface area contributed by atoms with Crippen LogP contribution < -0.4 is 0 Å². The van der Waals surface area contributed by atoms with Crippen molar-refractivity contribution in [2.24, 2.45) is 11.8 Å². The summed E-state index contributed by atoms with van der Waals surface area (Å²) in [5.41, 5.74) is -0.129. The van der Waals surface area contributed by atoms with Crippen molar-refractivity contribution in [3.8, 4) is 0 Å². The summed E-state index contributed by atoms with van der Waals surface area (Å²) in [4.78, 5) is 22.2. The summed E-state index contributed by atoms with van der Waals surface area (Å²) in [6.07, 6.45) is -5.86. The minimum Gasteiger partial charge on any atom is -0.478 e. The number of aliphatic hydroxyl groups is 4. The predicted molar refractivity (Wildman–Crippen MR) is 83.3 cm³/mol. The molecule has 10 heteroatoms. The first-order chi connectivity index (χ1) is 12.3. The fraction of sp³-hybridized carbons (Fsp3) is 0.625. The van der Waals surface area contributed by atoms with E-state index in [0.717, 1.165) is 6.26 Å². The SMILES string of the molecule is C=C[C@H]1[C@H](O[C@@H]2O[C@H](CO)[C@@H](O)[C@H](O)[C@H]2O)OC=C(C(=O)O)[C@H]1CC=O. The number of rotatable bonds is 7. The van der Waals surface area contributed by atoms with Crippen LogP contribution in [0, 0.1) is 11.8 Å². The van der Waals surface area contributed by atoms with Crippen LogP contribution in [0.15, 0.2) is 24.5 Å². The van der Waals surface area contributed by atoms with E-state index in [1.807, 2.05) is 0 Å². The molecule has 146 valence electrons. The zero-order chi connectivity index (χ0) is 19.4. The lowest BCUT2D eigenvalue weighted by Crippen LogP contribution is -2.60. The molecule has 8 atom stereocenters. The van der Waals surface area contributed by atoms with Gasteiger partial charge < -0.3 is 44.5 Å². The third-order valence-corrected chi connectivity index (χ3v) is 4.49. The van der Waals surface area contributed by atoms with Crippen LogP contribution in [0.3, 0.4) is 0 Å². The van der Waals surface area contributed by atoms with Gasteiger partial charge in [-0.1, -0.05) is 6.08 Å². The normalized spacial score (nSPS) is 40.2. The number of carboxylic acids is 1. The molecule has 2 heterocycles. The van der Waals surface area contributed by atoms with Crippen molar-refractivity contribution < 1.29 is 49.3 Å². The van der Waals surface area contributed by atoms with Crippen LogP contribution in [0.4, 0.5) is 0 Å². The highest BCUT2D eigenvalue weighted by atomic mass is 16.8. The maximum Gasteiger partial charge on any atom is 0.335 e. The van der Waals surface area contributed by atoms with Gasteiger partial charge in [0.25, 0.3) is 0 Å². The van der Waals surface area contributed by atoms with Crippen molar-refractivity contribution in [2.45, 2.75) is 43.4 Å². The molecule has 1 fully saturated rings. The van der Waals surface area contributed by atoms with Crippen LogP contribution in [-0.4, -0.2) is 81.4 Å². The number of carbonyl (C=O) groups is 2. The van der Waals surface area contributed by atoms with Gasteiger partial charge in [0.1, 0.15) is 30.7 Å². The number of ether oxygens (including phenoxy) is 3. The molecule has 0 aromatic carbocycles. The standard InChI is InChI=1S/C16H22O10/c1-2-7-8(3-4-17)9(14(22)23)6-24-15(7)26-16-13(21)12(20)11(19)10(5-18)25-16/h2,4,6-8,10-13,15-16,18-21H,1,3,5H2,(H,22,23)/t7-,8+,10-,11-,12+,13-,15+,16+/m1/s1. The lowest BCUT2D eigenvalue weighted by molar-refractivity contribution is -0.339. The Bertz CT molecular complexity index is 559. The van der Waals surface area contributed by atoms with E-state index in [1.54, 1.807) is 0 Å². The summed E-state index contributed by atoms with van der Waals surface area (Å²) in [7, 11) is 0. The van der Waals surface area contributed by atoms with Gasteiger partial charge in [0.15, 0.2) is 6.29 Å². The molecule has 2 aliphatic heterocycles. The number of hydrogen-bond donors (Lipinski definition) is 5. The van der Waals surface area contributed by atoms with Gasteiger partial charge in [-0.3, -0.25) is 0 Å². The zero-order valence-corrected chi connectivity index (χ0v) is 13.7. The summed E-state index contributed by atoms with van der Waals surface area (Å²) >= 11 is 0. The van der Waals surface area contributed by atoms with E-state index >= 15 is 0 Å². The molecule has 0 radical (unpaired) electrons. The van der Waals surface area contributed by atoms with Gasteiger partial charge in [-0.2, -0.15) is 0 Å². The van der Waals surface area contributed by atoms with E-state index in [1.165, 1.54) is 6.08 Å². The lowest BCUT2D eigenvalue weighted by Gasteiger charge is -2.42. The number of aliphatic carboxylic acids is 1. The largest absolute Gasteiger partial charge is 0.478 e. The number of hydrogen-bond acceptors (Lipinski definition) is 9. The third kappa shape index (κ3) is 3.95. The minimum atomic E-state index is -1.64. The molecule has 0 unspecified atom stereocenters. The Morgan fingerprint density at radius 3 is 2.46 bits per heavy atom. The highest BCUT2D eigenvalue weighted by Gasteiger charge is 2.47. The average molecular weight is 374 g/mol. The zero-order valence-electron chi connectivity index (χ0n) is 13.7. The van der Waals surface area contributed by atoms with Crippen molar-refractivity contribution in [3.05, 3.63) is 24.5 Å². The molecule has 26 heavy (non-hydrogen) atoms. The smallest absolute Gasteiger partial charge is 0.335 e. The Kier molecular flexibility index (Phi) is 6.87. The second-order valence-corrected chi connectivity index (χ2v) is 6.04. The molecule has 0 spiro atoms. The van der Waals surface area contributed by atoms with Crippen molar-refractivity contribution in [1.29, 1.82) is 0 Å². The molecule has 0 aliphatic carbocycles. The van der Waals surface area contributed by atoms with Gasteiger partial charge >= 0.3 is 5.97 Å². The molecule has 1 saturated heterocycles. The molecular weight excluding hydrogens is 352 g/mol. The monoisotopic (exact) mass is 374 g/mol. The average Bonchev–Trinajstić information content (AvgIpc) is 2.62. The van der Waals surface area contributed by atoms with Crippen LogP contribution in [0.1, 0.15) is 6.42 Å². The maximum atomic E-state index is 11.3. The number of aldehydes is 1. The van der Waals surface area contributed by atoms with Crippen LogP contribution in [-0.2, 0) is 23.8 Å². The first kappa shape index (κ1) is 20.5. The van der Waals surface area contributed by atoms with Crippen LogP contribution >= 0.6 is 0 Å². The highest BCUT2D eigenvalue weighted by molar-refractivity contribution is 5.87. The Morgan fingerprint density at radius 1 is 1.23 bits per heavy atom. The Balaban J connectivity index is 2.20. The Labute approximate surface area is 148 Å². The second kappa shape index (κ2) is 8.71. The van der Waals surface area contributed by atoms with Gasteiger partial charge in [0.2, 0.25) is 6.29 Å². The quantitative estimate of drug-likeness (QED) is 0.252. The fourth-order valence-corrected chi connectivity index (χ4v) is 3.02. The number of aliphatic hydroxyl groups excluding tert-OH is 4. The van der Waals surface area contributed by atoms with Crippen LogP contribution in [0.25, 0.3) is 0 Å². The van der Waals surface area contributed by atoms with E-state index in [-0.39, 0.29) is 12.0 Å². The van der Waals surface area contributed by atoms with Crippen molar-refractivity contribution >= 4 is 12.3 Å². The van der Waals surface area contributed by atoms with Crippen molar-refractivity contribution in [2.75, 3.05) is 6.61 Å². The molecule has 0 aromatic rings. The van der Waals surface area contributed by atoms with E-state index in [9.17, 15) is 35.1 Å². The first-order valence-electron chi connectivity index (χ1n) is 7.96. The molecule has 0 saturated carbocycles. The fourth-order valence-electron chi connectivity index (χ4n) is 3.02. The summed E-state index contributed by atoms with van der Waals surface area (Å²) in [6, 6.07) is 0. The van der Waals surface area contributed by atoms with Gasteiger partial charge in [-0.15, -0.1) is 6.58 Å². The first-order valence-corrected chi connectivity index (χ1v) is 7.96. The molecule has 0 aromatic heterocycles. The molecule has 10 nitrogen and oxygen atoms in total. The van der Waals surface area contributed by atoms with Crippen molar-refractivity contribution in [3.63, 3.8) is 0 Å². The highest BCUT2D eigenvalue weighted by Crippen LogP contribution is 2.36. The van der Waals surface area contributed by atoms with E-state index in [4.69, 9.17) is 14.2 Å². The lowest BCUT2D eigenvalue weighted by atomic mass is 9.82. The summed E-state index contributed by atoms with van der Waals surface area (Å²) in [5, 5.41) is 48.0. The third-order valence-electron chi connectivity index (χ3n) is 4.49. The molecule has 0 bridgehead atoms. The van der Waals surface area contributed by atoms with Crippen LogP contribution in [0.2, 0.25) is 0 Å². The second-order valence-electron chi connectivity index (χ2n) is 6.04. The Morgan fingerprint density at radius 2 is 1.92 bits per heavy atom. The molecular formula is C16H22O10. The summed E-state index contributed by atoms with van der Waals surface area (Å²) < 4.78 is 16.0. The van der Waals surface area contributed by atoms with Gasteiger partial charge in [0, 0.05) is 18.3 Å². The van der Waals surface area contributed by atoms with Crippen LogP contribution in [0.5, 0.6) is 0 Å². The molecule has 2 rings (SSSR count). The Hall–Kier alpha value is -1.82. The van der Waals surface area contributed by atoms with Gasteiger partial charge in [-0.25, -0.2) is 4.79 Å². The minimum absolute atomic E-state index is 0.118. The maximum absolute atomic E-state index is 11.3. The molecule has 5 N–H and O–H groups in total. The van der Waals surface area contributed by atoms with Crippen molar-refractivity contribution in [1.82, 2.24) is 0 Å². The van der Waals surface area contributed by atoms with Gasteiger partial charge in [-0.05, 0) is 0 Å². The van der Waals surface area contributed by atoms with E-state index < -0.39 is 61.4 Å². The van der Waals surface area contributed by atoms with E-state index in [0.29, 0.717) is 6.29 Å². The molecule has 2 aliphatic rings. The topological polar surface area (TPSA) is 163 Å². The van der Waals surface area contributed by atoms with E-state index in [2.05, 4.69) is 6.58 Å². The summed E-state index contributed by atoms with van der Waals surface area (Å²) in [6.45, 7) is 2.98. The number of carboxylic acid groups (broad SMARTS) is 1. The molecule has 0 amide bonds. The van der Waals surface area contributed by atoms with Gasteiger partial charge in [0.05, 0.1) is 18.4 Å².